The van der Waals surface area contributed by atoms with Crippen LogP contribution in [0.1, 0.15) is 27.7 Å². The van der Waals surface area contributed by atoms with Crippen molar-refractivity contribution in [2.45, 2.75) is 39.6 Å². The lowest BCUT2D eigenvalue weighted by Gasteiger charge is -2.20. The molecule has 0 fully saturated rings. The molecule has 0 heterocycles. The summed E-state index contributed by atoms with van der Waals surface area (Å²) in [5.74, 6) is 0. The van der Waals surface area contributed by atoms with Crippen LogP contribution in [0.3, 0.4) is 0 Å². The molecule has 0 spiro atoms. The van der Waals surface area contributed by atoms with E-state index < -0.39 is 18.0 Å². The van der Waals surface area contributed by atoms with Gasteiger partial charge in [0.25, 0.3) is 0 Å². The van der Waals surface area contributed by atoms with E-state index in [1.807, 2.05) is 0 Å². The molecular formula is C9H16O4. The molecule has 0 aromatic carbocycles. The highest BCUT2D eigenvalue weighted by atomic mass is 16.8. The number of carbonyl (C=O) groups is 1. The van der Waals surface area contributed by atoms with E-state index in [1.54, 1.807) is 27.7 Å². The van der Waals surface area contributed by atoms with Crippen LogP contribution >= 0.6 is 0 Å². The second kappa shape index (κ2) is 4.74. The van der Waals surface area contributed by atoms with Crippen LogP contribution in [0.4, 0.5) is 4.79 Å². The molecule has 0 saturated carbocycles. The van der Waals surface area contributed by atoms with Gasteiger partial charge in [0, 0.05) is 6.92 Å². The number of ether oxygens (including phenoxy) is 3. The average Bonchev–Trinajstić information content (AvgIpc) is 1.81. The number of carbonyl (C=O) groups excluding carboxylic acids is 1. The summed E-state index contributed by atoms with van der Waals surface area (Å²) in [5.41, 5.74) is -0.551. The molecule has 4 nitrogen and oxygen atoms in total. The molecular weight excluding hydrogens is 172 g/mol. The number of hydrogen-bond acceptors (Lipinski definition) is 4. The van der Waals surface area contributed by atoms with Gasteiger partial charge in [-0.3, -0.25) is 0 Å². The molecule has 0 aliphatic rings. The van der Waals surface area contributed by atoms with Gasteiger partial charge in [-0.15, -0.1) is 0 Å². The van der Waals surface area contributed by atoms with Crippen molar-refractivity contribution in [1.82, 2.24) is 0 Å². The van der Waals surface area contributed by atoms with E-state index in [0.717, 1.165) is 0 Å². The Kier molecular flexibility index (Phi) is 4.31. The zero-order chi connectivity index (χ0) is 10.5. The Bertz CT molecular complexity index is 181. The fourth-order valence-electron chi connectivity index (χ4n) is 0.573. The fraction of sp³-hybridized carbons (Fsp3) is 0.667. The molecule has 0 amide bonds. The predicted octanol–water partition coefficient (Wildman–Crippen LogP) is 2.44. The van der Waals surface area contributed by atoms with Crippen LogP contribution in [0.15, 0.2) is 12.8 Å². The molecule has 0 saturated heterocycles. The lowest BCUT2D eigenvalue weighted by atomic mass is 10.2. The molecule has 13 heavy (non-hydrogen) atoms. The summed E-state index contributed by atoms with van der Waals surface area (Å²) >= 11 is 0. The van der Waals surface area contributed by atoms with E-state index in [2.05, 4.69) is 6.58 Å². The Morgan fingerprint density at radius 1 is 1.46 bits per heavy atom. The normalized spacial score (nSPS) is 12.9. The van der Waals surface area contributed by atoms with Gasteiger partial charge in [-0.05, 0) is 20.8 Å². The van der Waals surface area contributed by atoms with E-state index in [9.17, 15) is 4.79 Å². The lowest BCUT2D eigenvalue weighted by Crippen LogP contribution is -2.27. The highest BCUT2D eigenvalue weighted by Gasteiger charge is 2.19. The Morgan fingerprint density at radius 3 is 2.38 bits per heavy atom. The van der Waals surface area contributed by atoms with E-state index >= 15 is 0 Å². The summed E-state index contributed by atoms with van der Waals surface area (Å²) in [6.07, 6.45) is -0.219. The maximum atomic E-state index is 11.0. The number of hydrogen-bond donors (Lipinski definition) is 0. The van der Waals surface area contributed by atoms with Crippen molar-refractivity contribution in [3.05, 3.63) is 12.8 Å². The first-order valence-electron chi connectivity index (χ1n) is 4.01. The van der Waals surface area contributed by atoms with Crippen molar-refractivity contribution in [1.29, 1.82) is 0 Å². The molecule has 0 aliphatic carbocycles. The smallest absolute Gasteiger partial charge is 0.463 e. The maximum Gasteiger partial charge on any atom is 0.511 e. The maximum absolute atomic E-state index is 11.0. The third-order valence-corrected chi connectivity index (χ3v) is 0.940. The Hall–Kier alpha value is -1.19. The van der Waals surface area contributed by atoms with Gasteiger partial charge in [-0.1, -0.05) is 6.58 Å². The van der Waals surface area contributed by atoms with Crippen LogP contribution in [0.2, 0.25) is 0 Å². The molecule has 0 aromatic rings. The SMILES string of the molecule is C=COC(C)OC(=O)OC(C)(C)C. The van der Waals surface area contributed by atoms with Gasteiger partial charge in [-0.2, -0.15) is 0 Å². The summed E-state index contributed by atoms with van der Waals surface area (Å²) in [7, 11) is 0. The number of rotatable bonds is 3. The van der Waals surface area contributed by atoms with Crippen LogP contribution in [0.5, 0.6) is 0 Å². The largest absolute Gasteiger partial charge is 0.511 e. The molecule has 76 valence electrons. The van der Waals surface area contributed by atoms with Crippen LogP contribution in [-0.2, 0) is 14.2 Å². The van der Waals surface area contributed by atoms with Crippen molar-refractivity contribution in [2.24, 2.45) is 0 Å². The van der Waals surface area contributed by atoms with Crippen molar-refractivity contribution in [2.75, 3.05) is 0 Å². The highest BCUT2D eigenvalue weighted by Crippen LogP contribution is 2.09. The van der Waals surface area contributed by atoms with Gasteiger partial charge in [-0.25, -0.2) is 4.79 Å². The fourth-order valence-corrected chi connectivity index (χ4v) is 0.573. The van der Waals surface area contributed by atoms with Crippen LogP contribution in [0.25, 0.3) is 0 Å². The second-order valence-corrected chi connectivity index (χ2v) is 3.45. The molecule has 0 bridgehead atoms. The first-order valence-corrected chi connectivity index (χ1v) is 4.01. The zero-order valence-electron chi connectivity index (χ0n) is 8.49. The Labute approximate surface area is 78.5 Å². The summed E-state index contributed by atoms with van der Waals surface area (Å²) in [6.45, 7) is 10.2. The first-order chi connectivity index (χ1) is 5.85. The van der Waals surface area contributed by atoms with Gasteiger partial charge in [0.1, 0.15) is 5.60 Å². The summed E-state index contributed by atoms with van der Waals surface area (Å²) in [4.78, 5) is 11.0. The van der Waals surface area contributed by atoms with Crippen molar-refractivity contribution in [3.63, 3.8) is 0 Å². The average molecular weight is 188 g/mol. The first kappa shape index (κ1) is 11.8. The van der Waals surface area contributed by atoms with Crippen molar-refractivity contribution >= 4 is 6.16 Å². The summed E-state index contributed by atoms with van der Waals surface area (Å²) in [6, 6.07) is 0. The van der Waals surface area contributed by atoms with Gasteiger partial charge in [0.15, 0.2) is 0 Å². The zero-order valence-corrected chi connectivity index (χ0v) is 8.49. The second-order valence-electron chi connectivity index (χ2n) is 3.45. The monoisotopic (exact) mass is 188 g/mol. The van der Waals surface area contributed by atoms with Gasteiger partial charge in [0.05, 0.1) is 6.26 Å². The van der Waals surface area contributed by atoms with Crippen molar-refractivity contribution < 1.29 is 19.0 Å². The molecule has 0 aliphatic heterocycles. The molecule has 0 radical (unpaired) electrons. The molecule has 4 heteroatoms. The highest BCUT2D eigenvalue weighted by molar-refractivity contribution is 5.60. The van der Waals surface area contributed by atoms with E-state index in [4.69, 9.17) is 14.2 Å². The Morgan fingerprint density at radius 2 is 2.00 bits per heavy atom. The third-order valence-electron chi connectivity index (χ3n) is 0.940. The minimum atomic E-state index is -0.748. The molecule has 0 N–H and O–H groups in total. The third kappa shape index (κ3) is 7.18. The van der Waals surface area contributed by atoms with E-state index in [1.165, 1.54) is 6.26 Å². The minimum Gasteiger partial charge on any atom is -0.463 e. The van der Waals surface area contributed by atoms with E-state index in [-0.39, 0.29) is 0 Å². The standard InChI is InChI=1S/C9H16O4/c1-6-11-7(2)12-8(10)13-9(3,4)5/h6-7H,1H2,2-5H3. The topological polar surface area (TPSA) is 44.8 Å². The van der Waals surface area contributed by atoms with Crippen LogP contribution in [-0.4, -0.2) is 18.0 Å². The predicted molar refractivity (Wildman–Crippen MR) is 48.1 cm³/mol. The Balaban J connectivity index is 3.81. The van der Waals surface area contributed by atoms with Crippen LogP contribution < -0.4 is 0 Å². The summed E-state index contributed by atoms with van der Waals surface area (Å²) in [5, 5.41) is 0. The molecule has 1 unspecified atom stereocenters. The quantitative estimate of drug-likeness (QED) is 0.387. The van der Waals surface area contributed by atoms with Gasteiger partial charge in [0.2, 0.25) is 6.29 Å². The van der Waals surface area contributed by atoms with Crippen molar-refractivity contribution in [3.8, 4) is 0 Å². The molecule has 0 aromatic heterocycles. The van der Waals surface area contributed by atoms with E-state index in [0.29, 0.717) is 0 Å². The molecule has 0 rings (SSSR count). The summed E-state index contributed by atoms with van der Waals surface area (Å²) < 4.78 is 14.4. The molecule has 1 atom stereocenters. The lowest BCUT2D eigenvalue weighted by molar-refractivity contribution is -0.0939. The minimum absolute atomic E-state index is 0.551. The van der Waals surface area contributed by atoms with Gasteiger partial charge >= 0.3 is 6.16 Å². The van der Waals surface area contributed by atoms with Crippen LogP contribution in [0, 0.1) is 0 Å². The van der Waals surface area contributed by atoms with Gasteiger partial charge < -0.3 is 14.2 Å².